The van der Waals surface area contributed by atoms with E-state index in [1.54, 1.807) is 0 Å². The zero-order valence-electron chi connectivity index (χ0n) is 14.6. The van der Waals surface area contributed by atoms with Crippen LogP contribution in [0.3, 0.4) is 0 Å². The van der Waals surface area contributed by atoms with Crippen LogP contribution in [-0.4, -0.2) is 7.11 Å². The predicted molar refractivity (Wildman–Crippen MR) is 96.5 cm³/mol. The molecule has 3 heteroatoms. The Hall–Kier alpha value is -2.00. The van der Waals surface area contributed by atoms with Gasteiger partial charge in [-0.25, -0.2) is 8.78 Å². The summed E-state index contributed by atoms with van der Waals surface area (Å²) in [5.74, 6) is 0.0196. The Morgan fingerprint density at radius 3 is 2.12 bits per heavy atom. The van der Waals surface area contributed by atoms with Gasteiger partial charge in [0.1, 0.15) is 17.7 Å². The van der Waals surface area contributed by atoms with Crippen molar-refractivity contribution in [2.45, 2.75) is 37.7 Å². The van der Waals surface area contributed by atoms with Crippen molar-refractivity contribution in [3.8, 4) is 0 Å². The van der Waals surface area contributed by atoms with E-state index in [2.05, 4.69) is 24.8 Å². The molecule has 25 heavy (non-hydrogen) atoms. The first kappa shape index (κ1) is 17.8. The standard InChI is InChI=1S/C22H24F2O/c1-3-15-7-9-16(10-8-15)17-11-13-18(14-12-17)22(25-2)21-19(23)5-4-6-20(21)24/h3-6,11-16,22H,1,7-10H2,2H3/t15-,16-,22?. The van der Waals surface area contributed by atoms with E-state index in [0.717, 1.165) is 18.4 Å². The van der Waals surface area contributed by atoms with Crippen LogP contribution in [0.4, 0.5) is 8.78 Å². The highest BCUT2D eigenvalue weighted by Crippen LogP contribution is 2.37. The average Bonchev–Trinajstić information content (AvgIpc) is 2.65. The molecule has 0 spiro atoms. The second-order valence-corrected chi connectivity index (χ2v) is 6.77. The molecule has 1 atom stereocenters. The molecule has 132 valence electrons. The maximum absolute atomic E-state index is 14.1. The van der Waals surface area contributed by atoms with Gasteiger partial charge in [0.25, 0.3) is 0 Å². The molecule has 3 rings (SSSR count). The fourth-order valence-electron chi connectivity index (χ4n) is 3.81. The second-order valence-electron chi connectivity index (χ2n) is 6.77. The molecule has 2 aromatic rings. The van der Waals surface area contributed by atoms with Gasteiger partial charge in [-0.15, -0.1) is 6.58 Å². The van der Waals surface area contributed by atoms with Gasteiger partial charge in [0.15, 0.2) is 0 Å². The lowest BCUT2D eigenvalue weighted by Crippen LogP contribution is -2.12. The Labute approximate surface area is 148 Å². The average molecular weight is 342 g/mol. The fourth-order valence-corrected chi connectivity index (χ4v) is 3.81. The van der Waals surface area contributed by atoms with Crippen LogP contribution in [0.2, 0.25) is 0 Å². The highest BCUT2D eigenvalue weighted by atomic mass is 19.1. The van der Waals surface area contributed by atoms with Crippen LogP contribution in [-0.2, 0) is 4.74 Å². The third-order valence-corrected chi connectivity index (χ3v) is 5.31. The van der Waals surface area contributed by atoms with Crippen molar-refractivity contribution >= 4 is 0 Å². The molecule has 2 aromatic carbocycles. The zero-order valence-corrected chi connectivity index (χ0v) is 14.6. The molecular formula is C22H24F2O. The van der Waals surface area contributed by atoms with Crippen molar-refractivity contribution in [3.05, 3.63) is 83.4 Å². The molecule has 0 N–H and O–H groups in total. The molecule has 0 bridgehead atoms. The first-order chi connectivity index (χ1) is 12.1. The third kappa shape index (κ3) is 3.82. The highest BCUT2D eigenvalue weighted by molar-refractivity contribution is 5.35. The normalized spacial score (nSPS) is 21.7. The van der Waals surface area contributed by atoms with Gasteiger partial charge in [-0.1, -0.05) is 36.4 Å². The van der Waals surface area contributed by atoms with Crippen LogP contribution in [0, 0.1) is 17.6 Å². The van der Waals surface area contributed by atoms with Crippen LogP contribution in [0.25, 0.3) is 0 Å². The summed E-state index contributed by atoms with van der Waals surface area (Å²) >= 11 is 0. The Morgan fingerprint density at radius 1 is 1.00 bits per heavy atom. The smallest absolute Gasteiger partial charge is 0.132 e. The van der Waals surface area contributed by atoms with Crippen molar-refractivity contribution in [1.82, 2.24) is 0 Å². The van der Waals surface area contributed by atoms with Crippen molar-refractivity contribution < 1.29 is 13.5 Å². The minimum atomic E-state index is -0.744. The number of methoxy groups -OCH3 is 1. The topological polar surface area (TPSA) is 9.23 Å². The lowest BCUT2D eigenvalue weighted by atomic mass is 9.78. The molecule has 1 unspecified atom stereocenters. The summed E-state index contributed by atoms with van der Waals surface area (Å²) in [4.78, 5) is 0. The molecular weight excluding hydrogens is 318 g/mol. The maximum Gasteiger partial charge on any atom is 0.132 e. The number of ether oxygens (including phenoxy) is 1. The number of benzene rings is 2. The maximum atomic E-state index is 14.1. The lowest BCUT2D eigenvalue weighted by Gasteiger charge is -2.27. The van der Waals surface area contributed by atoms with Gasteiger partial charge in [-0.3, -0.25) is 0 Å². The van der Waals surface area contributed by atoms with Crippen molar-refractivity contribution in [1.29, 1.82) is 0 Å². The molecule has 0 saturated heterocycles. The van der Waals surface area contributed by atoms with E-state index in [1.165, 1.54) is 43.7 Å². The van der Waals surface area contributed by atoms with E-state index in [0.29, 0.717) is 11.8 Å². The summed E-state index contributed by atoms with van der Waals surface area (Å²) in [7, 11) is 1.47. The van der Waals surface area contributed by atoms with Crippen LogP contribution in [0.15, 0.2) is 55.1 Å². The van der Waals surface area contributed by atoms with Crippen LogP contribution >= 0.6 is 0 Å². The molecule has 1 aliphatic rings. The molecule has 0 aromatic heterocycles. The largest absolute Gasteiger partial charge is 0.372 e. The Morgan fingerprint density at radius 2 is 1.60 bits per heavy atom. The fraction of sp³-hybridized carbons (Fsp3) is 0.364. The molecule has 0 radical (unpaired) electrons. The number of hydrogen-bond donors (Lipinski definition) is 0. The summed E-state index contributed by atoms with van der Waals surface area (Å²) < 4.78 is 33.6. The summed E-state index contributed by atoms with van der Waals surface area (Å²) in [6.45, 7) is 3.89. The number of hydrogen-bond acceptors (Lipinski definition) is 1. The summed E-state index contributed by atoms with van der Waals surface area (Å²) in [5.41, 5.74) is 2.01. The molecule has 1 fully saturated rings. The molecule has 0 heterocycles. The summed E-state index contributed by atoms with van der Waals surface area (Å²) in [6, 6.07) is 11.9. The van der Waals surface area contributed by atoms with Gasteiger partial charge in [-0.05, 0) is 60.8 Å². The summed E-state index contributed by atoms with van der Waals surface area (Å²) in [5, 5.41) is 0. The Bertz CT molecular complexity index is 695. The second kappa shape index (κ2) is 7.92. The molecule has 1 nitrogen and oxygen atoms in total. The first-order valence-electron chi connectivity index (χ1n) is 8.83. The third-order valence-electron chi connectivity index (χ3n) is 5.31. The zero-order chi connectivity index (χ0) is 17.8. The van der Waals surface area contributed by atoms with E-state index in [9.17, 15) is 8.78 Å². The van der Waals surface area contributed by atoms with Gasteiger partial charge < -0.3 is 4.74 Å². The molecule has 1 aliphatic carbocycles. The quantitative estimate of drug-likeness (QED) is 0.591. The van der Waals surface area contributed by atoms with Gasteiger partial charge in [0.2, 0.25) is 0 Å². The highest BCUT2D eigenvalue weighted by Gasteiger charge is 2.23. The molecule has 1 saturated carbocycles. The van der Waals surface area contributed by atoms with Crippen molar-refractivity contribution in [3.63, 3.8) is 0 Å². The van der Waals surface area contributed by atoms with E-state index >= 15 is 0 Å². The van der Waals surface area contributed by atoms with Crippen molar-refractivity contribution in [2.24, 2.45) is 5.92 Å². The Balaban J connectivity index is 1.80. The van der Waals surface area contributed by atoms with Gasteiger partial charge in [-0.2, -0.15) is 0 Å². The van der Waals surface area contributed by atoms with Crippen LogP contribution < -0.4 is 0 Å². The number of halogens is 2. The monoisotopic (exact) mass is 342 g/mol. The SMILES string of the molecule is C=C[C@H]1CC[C@H](c2ccc(C(OC)c3c(F)cccc3F)cc2)CC1. The minimum Gasteiger partial charge on any atom is -0.372 e. The number of allylic oxidation sites excluding steroid dienone is 1. The first-order valence-corrected chi connectivity index (χ1v) is 8.83. The molecule has 0 amide bonds. The van der Waals surface area contributed by atoms with Gasteiger partial charge in [0.05, 0.1) is 5.56 Å². The van der Waals surface area contributed by atoms with Gasteiger partial charge in [0, 0.05) is 7.11 Å². The van der Waals surface area contributed by atoms with Gasteiger partial charge >= 0.3 is 0 Å². The number of rotatable bonds is 5. The van der Waals surface area contributed by atoms with Crippen LogP contribution in [0.1, 0.15) is 54.4 Å². The Kier molecular flexibility index (Phi) is 5.64. The minimum absolute atomic E-state index is 0.0377. The predicted octanol–water partition coefficient (Wildman–Crippen LogP) is 6.16. The van der Waals surface area contributed by atoms with E-state index in [-0.39, 0.29) is 5.56 Å². The molecule has 0 aliphatic heterocycles. The van der Waals surface area contributed by atoms with E-state index < -0.39 is 17.7 Å². The van der Waals surface area contributed by atoms with E-state index in [1.807, 2.05) is 12.1 Å². The van der Waals surface area contributed by atoms with Crippen molar-refractivity contribution in [2.75, 3.05) is 7.11 Å². The van der Waals surface area contributed by atoms with Crippen LogP contribution in [0.5, 0.6) is 0 Å². The van der Waals surface area contributed by atoms with E-state index in [4.69, 9.17) is 4.74 Å². The lowest BCUT2D eigenvalue weighted by molar-refractivity contribution is 0.129. The summed E-state index contributed by atoms with van der Waals surface area (Å²) in [6.07, 6.45) is 5.99.